The summed E-state index contributed by atoms with van der Waals surface area (Å²) in [5.74, 6) is 0.914. The van der Waals surface area contributed by atoms with Gasteiger partial charge in [-0.3, -0.25) is 19.4 Å². The standard InChI is InChI=1S/C32H43N3O6S2/c1-3-4-15-34-26(36)25(28-42-16-8-17-43-28)27(37)35(30(34)39)24-11-13-31(14-12-24)19-32(20-31,22-40-2)21-33-29(38)41-18-23-9-6-5-7-10-23/h5-7,9-10,24H,3-4,8,11-22H2,1-2H3,(H,33,38). The number of rotatable bonds is 10. The van der Waals surface area contributed by atoms with Crippen molar-refractivity contribution in [3.63, 3.8) is 0 Å². The molecule has 1 spiro atoms. The minimum Gasteiger partial charge on any atom is -0.445 e. The van der Waals surface area contributed by atoms with E-state index in [-0.39, 0.29) is 29.1 Å². The van der Waals surface area contributed by atoms with Crippen LogP contribution in [0.2, 0.25) is 0 Å². The van der Waals surface area contributed by atoms with Gasteiger partial charge < -0.3 is 14.8 Å². The van der Waals surface area contributed by atoms with E-state index in [1.807, 2.05) is 37.3 Å². The number of imide groups is 2. The van der Waals surface area contributed by atoms with E-state index in [0.717, 1.165) is 59.8 Å². The van der Waals surface area contributed by atoms with Crippen molar-refractivity contribution in [2.45, 2.75) is 77.4 Å². The average Bonchev–Trinajstić information content (AvgIpc) is 3.00. The highest BCUT2D eigenvalue weighted by Gasteiger charge is 2.57. The molecule has 1 aromatic carbocycles. The molecule has 0 unspecified atom stereocenters. The molecule has 2 aliphatic carbocycles. The number of nitrogens with zero attached hydrogens (tertiary/aromatic N) is 2. The van der Waals surface area contributed by atoms with E-state index in [1.54, 1.807) is 30.6 Å². The number of barbiturate groups is 1. The molecule has 43 heavy (non-hydrogen) atoms. The van der Waals surface area contributed by atoms with Crippen LogP contribution in [-0.4, -0.2) is 78.1 Å². The molecule has 2 saturated heterocycles. The van der Waals surface area contributed by atoms with Crippen molar-refractivity contribution in [1.29, 1.82) is 0 Å². The topological polar surface area (TPSA) is 105 Å². The second kappa shape index (κ2) is 14.1. The van der Waals surface area contributed by atoms with Crippen LogP contribution < -0.4 is 5.32 Å². The molecule has 11 heteroatoms. The first-order chi connectivity index (χ1) is 20.8. The largest absolute Gasteiger partial charge is 0.445 e. The van der Waals surface area contributed by atoms with Gasteiger partial charge in [0, 0.05) is 31.7 Å². The summed E-state index contributed by atoms with van der Waals surface area (Å²) in [5, 5.41) is 2.95. The molecule has 0 bridgehead atoms. The fourth-order valence-corrected chi connectivity index (χ4v) is 9.82. The number of ether oxygens (including phenoxy) is 2. The summed E-state index contributed by atoms with van der Waals surface area (Å²) < 4.78 is 11.8. The van der Waals surface area contributed by atoms with E-state index in [2.05, 4.69) is 5.32 Å². The number of nitrogens with one attached hydrogen (secondary N) is 1. The summed E-state index contributed by atoms with van der Waals surface area (Å²) in [5.41, 5.74) is 1.06. The third kappa shape index (κ3) is 7.09. The summed E-state index contributed by atoms with van der Waals surface area (Å²) in [6, 6.07) is 8.91. The number of urea groups is 1. The van der Waals surface area contributed by atoms with Gasteiger partial charge in [-0.25, -0.2) is 9.59 Å². The van der Waals surface area contributed by atoms with Crippen molar-refractivity contribution in [1.82, 2.24) is 15.1 Å². The van der Waals surface area contributed by atoms with Crippen molar-refractivity contribution in [3.8, 4) is 0 Å². The Labute approximate surface area is 262 Å². The van der Waals surface area contributed by atoms with Crippen LogP contribution in [0, 0.1) is 10.8 Å². The van der Waals surface area contributed by atoms with Crippen LogP contribution in [-0.2, 0) is 25.7 Å². The highest BCUT2D eigenvalue weighted by molar-refractivity contribution is 8.22. The van der Waals surface area contributed by atoms with E-state index in [1.165, 1.54) is 9.80 Å². The lowest BCUT2D eigenvalue weighted by Crippen LogP contribution is -2.62. The summed E-state index contributed by atoms with van der Waals surface area (Å²) >= 11 is 3.13. The zero-order valence-electron chi connectivity index (χ0n) is 25.2. The number of hydrogen-bond donors (Lipinski definition) is 1. The fourth-order valence-electron chi connectivity index (χ4n) is 7.22. The third-order valence-corrected chi connectivity index (χ3v) is 11.8. The number of carbonyl (C=O) groups excluding carboxylic acids is 4. The first kappa shape index (κ1) is 31.9. The second-order valence-corrected chi connectivity index (χ2v) is 14.9. The van der Waals surface area contributed by atoms with Crippen molar-refractivity contribution in [3.05, 3.63) is 45.7 Å². The summed E-state index contributed by atoms with van der Waals surface area (Å²) in [4.78, 5) is 56.0. The molecule has 1 aromatic rings. The smallest absolute Gasteiger partial charge is 0.407 e. The predicted molar refractivity (Wildman–Crippen MR) is 168 cm³/mol. The SMILES string of the molecule is CCCCN1C(=O)C(=C2SCCCS2)C(=O)N(C2CCC3(CC2)CC(CNC(=O)OCc2ccccc2)(COC)C3)C1=O. The maximum absolute atomic E-state index is 13.8. The van der Waals surface area contributed by atoms with E-state index < -0.39 is 23.9 Å². The Kier molecular flexibility index (Phi) is 10.4. The van der Waals surface area contributed by atoms with Crippen LogP contribution in [0.25, 0.3) is 0 Å². The molecule has 2 aliphatic heterocycles. The van der Waals surface area contributed by atoms with E-state index in [4.69, 9.17) is 9.47 Å². The van der Waals surface area contributed by atoms with E-state index in [0.29, 0.717) is 39.0 Å². The average molecular weight is 630 g/mol. The van der Waals surface area contributed by atoms with Gasteiger partial charge in [0.05, 0.1) is 10.8 Å². The van der Waals surface area contributed by atoms with Gasteiger partial charge in [0.25, 0.3) is 11.8 Å². The molecule has 4 fully saturated rings. The second-order valence-electron chi connectivity index (χ2n) is 12.4. The highest BCUT2D eigenvalue weighted by Crippen LogP contribution is 2.61. The maximum atomic E-state index is 13.8. The number of alkyl carbamates (subject to hydrolysis) is 1. The highest BCUT2D eigenvalue weighted by atomic mass is 32.2. The Morgan fingerprint density at radius 1 is 1.05 bits per heavy atom. The normalized spacial score (nSPS) is 27.9. The quantitative estimate of drug-likeness (QED) is 0.251. The van der Waals surface area contributed by atoms with Gasteiger partial charge in [0.2, 0.25) is 0 Å². The van der Waals surface area contributed by atoms with Crippen LogP contribution in [0.5, 0.6) is 0 Å². The van der Waals surface area contributed by atoms with Crippen molar-refractivity contribution in [2.75, 3.05) is 38.3 Å². The van der Waals surface area contributed by atoms with Gasteiger partial charge >= 0.3 is 12.1 Å². The number of carbonyl (C=O) groups is 4. The van der Waals surface area contributed by atoms with Crippen LogP contribution in [0.15, 0.2) is 40.1 Å². The maximum Gasteiger partial charge on any atom is 0.407 e. The minimum atomic E-state index is -0.458. The van der Waals surface area contributed by atoms with Crippen molar-refractivity contribution in [2.24, 2.45) is 10.8 Å². The Bertz CT molecular complexity index is 1210. The summed E-state index contributed by atoms with van der Waals surface area (Å²) in [6.45, 7) is 3.60. The van der Waals surface area contributed by atoms with Crippen LogP contribution in [0.3, 0.4) is 0 Å². The molecule has 5 amide bonds. The molecule has 0 aromatic heterocycles. The Hall–Kier alpha value is -2.50. The Balaban J connectivity index is 1.20. The van der Waals surface area contributed by atoms with Crippen LogP contribution >= 0.6 is 23.5 Å². The number of thioether (sulfide) groups is 2. The fraction of sp³-hybridized carbons (Fsp3) is 0.625. The molecule has 4 aliphatic rings. The summed E-state index contributed by atoms with van der Waals surface area (Å²) in [6.07, 6.45) is 7.19. The Morgan fingerprint density at radius 3 is 2.40 bits per heavy atom. The molecule has 0 radical (unpaired) electrons. The lowest BCUT2D eigenvalue weighted by atomic mass is 9.48. The molecular formula is C32H43N3O6S2. The first-order valence-electron chi connectivity index (χ1n) is 15.4. The molecular weight excluding hydrogens is 587 g/mol. The molecule has 234 valence electrons. The number of hydrogen-bond acceptors (Lipinski definition) is 8. The zero-order chi connectivity index (χ0) is 30.5. The van der Waals surface area contributed by atoms with Crippen molar-refractivity contribution < 1.29 is 28.7 Å². The van der Waals surface area contributed by atoms with Gasteiger partial charge in [-0.2, -0.15) is 0 Å². The summed E-state index contributed by atoms with van der Waals surface area (Å²) in [7, 11) is 1.69. The van der Waals surface area contributed by atoms with Crippen LogP contribution in [0.1, 0.15) is 70.3 Å². The molecule has 9 nitrogen and oxygen atoms in total. The number of benzene rings is 1. The number of amides is 5. The lowest BCUT2D eigenvalue weighted by molar-refractivity contribution is -0.140. The molecule has 1 N–H and O–H groups in total. The van der Waals surface area contributed by atoms with Gasteiger partial charge in [0.15, 0.2) is 0 Å². The number of methoxy groups -OCH3 is 1. The third-order valence-electron chi connectivity index (χ3n) is 9.17. The van der Waals surface area contributed by atoms with E-state index in [9.17, 15) is 19.2 Å². The molecule has 2 heterocycles. The van der Waals surface area contributed by atoms with Gasteiger partial charge in [0.1, 0.15) is 12.2 Å². The zero-order valence-corrected chi connectivity index (χ0v) is 26.9. The van der Waals surface area contributed by atoms with Crippen molar-refractivity contribution >= 4 is 47.5 Å². The molecule has 2 saturated carbocycles. The lowest BCUT2D eigenvalue weighted by Gasteiger charge is -2.59. The minimum absolute atomic E-state index is 0.0978. The van der Waals surface area contributed by atoms with Gasteiger partial charge in [-0.15, -0.1) is 23.5 Å². The van der Waals surface area contributed by atoms with Gasteiger partial charge in [-0.05, 0) is 73.9 Å². The molecule has 5 rings (SSSR count). The molecule has 0 atom stereocenters. The van der Waals surface area contributed by atoms with Gasteiger partial charge in [-0.1, -0.05) is 43.7 Å². The van der Waals surface area contributed by atoms with E-state index >= 15 is 0 Å². The first-order valence-corrected chi connectivity index (χ1v) is 17.4. The Morgan fingerprint density at radius 2 is 1.74 bits per heavy atom. The number of unbranched alkanes of at least 4 members (excludes halogenated alkanes) is 1. The predicted octanol–water partition coefficient (Wildman–Crippen LogP) is 5.94. The van der Waals surface area contributed by atoms with Crippen LogP contribution in [0.4, 0.5) is 9.59 Å². The monoisotopic (exact) mass is 629 g/mol.